The summed E-state index contributed by atoms with van der Waals surface area (Å²) in [6.07, 6.45) is 7.45. The molecule has 4 rings (SSSR count). The van der Waals surface area contributed by atoms with Crippen LogP contribution < -0.4 is 21.5 Å². The molecule has 3 heterocycles. The molecule has 102 valence electrons. The van der Waals surface area contributed by atoms with E-state index in [0.29, 0.717) is 6.04 Å². The Morgan fingerprint density at radius 3 is 2.58 bits per heavy atom. The van der Waals surface area contributed by atoms with E-state index in [4.69, 9.17) is 0 Å². The number of aromatic nitrogens is 2. The van der Waals surface area contributed by atoms with Crippen LogP contribution in [0.25, 0.3) is 10.9 Å². The standard InChI is InChI=1S/C15H19IN3/c1-16-18-12-6-7-13(18)9-14(8-12)19-15-5-3-2-4-11(15)10-17-19/h2-5,10,12-14H,6-9H2,1H3/q-1. The number of hydrogen-bond acceptors (Lipinski definition) is 2. The fourth-order valence-corrected chi connectivity index (χ4v) is 6.44. The molecule has 0 spiro atoms. The van der Waals surface area contributed by atoms with Crippen LogP contribution in [0.4, 0.5) is 0 Å². The number of fused-ring (bicyclic) bond motifs is 3. The van der Waals surface area contributed by atoms with Crippen LogP contribution in [0.5, 0.6) is 0 Å². The molecule has 2 aromatic rings. The van der Waals surface area contributed by atoms with Gasteiger partial charge in [-0.3, -0.25) is 0 Å². The number of nitrogens with zero attached hydrogens (tertiary/aromatic N) is 3. The average Bonchev–Trinajstić information content (AvgIpc) is 2.97. The number of benzene rings is 1. The van der Waals surface area contributed by atoms with Crippen molar-refractivity contribution in [3.05, 3.63) is 30.5 Å². The number of hydrogen-bond donors (Lipinski definition) is 0. The van der Waals surface area contributed by atoms with E-state index in [1.807, 2.05) is 6.20 Å². The molecule has 2 atom stereocenters. The van der Waals surface area contributed by atoms with Crippen molar-refractivity contribution in [1.82, 2.24) is 12.9 Å². The van der Waals surface area contributed by atoms with Crippen LogP contribution >= 0.6 is 0 Å². The number of alkyl halides is 1. The molecular weight excluding hydrogens is 349 g/mol. The molecule has 2 bridgehead atoms. The third kappa shape index (κ3) is 1.91. The van der Waals surface area contributed by atoms with Gasteiger partial charge >= 0.3 is 124 Å². The topological polar surface area (TPSA) is 21.1 Å². The predicted octanol–water partition coefficient (Wildman–Crippen LogP) is -0.162. The summed E-state index contributed by atoms with van der Waals surface area (Å²) >= 11 is 0.259. The van der Waals surface area contributed by atoms with Crippen molar-refractivity contribution in [3.8, 4) is 0 Å². The summed E-state index contributed by atoms with van der Waals surface area (Å²) in [5, 5.41) is 5.95. The molecule has 0 saturated carbocycles. The van der Waals surface area contributed by atoms with Crippen LogP contribution in [0.3, 0.4) is 0 Å². The normalized spacial score (nSPS) is 31.3. The molecule has 0 amide bonds. The zero-order chi connectivity index (χ0) is 12.8. The Bertz CT molecular complexity index is 580. The minimum atomic E-state index is 0.259. The molecule has 1 aromatic carbocycles. The molecule has 2 aliphatic heterocycles. The Morgan fingerprint density at radius 1 is 1.11 bits per heavy atom. The Hall–Kier alpha value is -0.620. The van der Waals surface area contributed by atoms with Crippen LogP contribution in [0.15, 0.2) is 30.5 Å². The van der Waals surface area contributed by atoms with Gasteiger partial charge in [0.15, 0.2) is 0 Å². The molecule has 3 nitrogen and oxygen atoms in total. The van der Waals surface area contributed by atoms with Crippen molar-refractivity contribution in [1.29, 1.82) is 0 Å². The quantitative estimate of drug-likeness (QED) is 0.417. The van der Waals surface area contributed by atoms with E-state index in [9.17, 15) is 0 Å². The molecule has 1 aromatic heterocycles. The second-order valence-corrected chi connectivity index (χ2v) is 7.75. The Labute approximate surface area is 124 Å². The van der Waals surface area contributed by atoms with Crippen LogP contribution in [-0.2, 0) is 0 Å². The molecule has 2 unspecified atom stereocenters. The SMILES string of the molecule is C[I-]N1C2CCC1CC(n1ncc3ccccc31)C2. The van der Waals surface area contributed by atoms with E-state index in [1.165, 1.54) is 36.6 Å². The second-order valence-electron chi connectivity index (χ2n) is 5.67. The van der Waals surface area contributed by atoms with Crippen molar-refractivity contribution >= 4 is 10.9 Å². The van der Waals surface area contributed by atoms with Crippen LogP contribution in [0.2, 0.25) is 0 Å². The molecule has 2 saturated heterocycles. The Morgan fingerprint density at radius 2 is 1.84 bits per heavy atom. The molecule has 0 N–H and O–H groups in total. The van der Waals surface area contributed by atoms with Gasteiger partial charge in [-0.15, -0.1) is 0 Å². The van der Waals surface area contributed by atoms with Gasteiger partial charge in [0.1, 0.15) is 0 Å². The van der Waals surface area contributed by atoms with Crippen molar-refractivity contribution < 1.29 is 21.5 Å². The second kappa shape index (κ2) is 4.74. The molecule has 2 fully saturated rings. The van der Waals surface area contributed by atoms with Gasteiger partial charge in [0, 0.05) is 0 Å². The van der Waals surface area contributed by atoms with Crippen molar-refractivity contribution in [2.75, 3.05) is 4.93 Å². The first-order chi connectivity index (χ1) is 9.36. The van der Waals surface area contributed by atoms with Crippen molar-refractivity contribution in [2.45, 2.75) is 43.8 Å². The van der Waals surface area contributed by atoms with E-state index < -0.39 is 0 Å². The Kier molecular flexibility index (Phi) is 3.03. The summed E-state index contributed by atoms with van der Waals surface area (Å²) in [5.41, 5.74) is 1.31. The fraction of sp³-hybridized carbons (Fsp3) is 0.533. The zero-order valence-corrected chi connectivity index (χ0v) is 13.3. The van der Waals surface area contributed by atoms with Gasteiger partial charge in [0.2, 0.25) is 0 Å². The van der Waals surface area contributed by atoms with Gasteiger partial charge in [-0.2, -0.15) is 0 Å². The average molecular weight is 368 g/mol. The minimum absolute atomic E-state index is 0.259. The summed E-state index contributed by atoms with van der Waals surface area (Å²) in [6.45, 7) is 0. The zero-order valence-electron chi connectivity index (χ0n) is 11.2. The summed E-state index contributed by atoms with van der Waals surface area (Å²) in [6, 6.07) is 10.9. The third-order valence-electron chi connectivity index (χ3n) is 4.66. The first-order valence-corrected chi connectivity index (χ1v) is 10.2. The van der Waals surface area contributed by atoms with E-state index in [2.05, 4.69) is 42.1 Å². The van der Waals surface area contributed by atoms with Gasteiger partial charge in [-0.25, -0.2) is 0 Å². The predicted molar refractivity (Wildman–Crippen MR) is 72.6 cm³/mol. The van der Waals surface area contributed by atoms with Gasteiger partial charge in [-0.05, 0) is 0 Å². The van der Waals surface area contributed by atoms with E-state index in [-0.39, 0.29) is 21.5 Å². The van der Waals surface area contributed by atoms with Gasteiger partial charge < -0.3 is 0 Å². The molecule has 0 radical (unpaired) electrons. The summed E-state index contributed by atoms with van der Waals surface area (Å²) in [4.78, 5) is 2.41. The monoisotopic (exact) mass is 368 g/mol. The molecule has 2 aliphatic rings. The fourth-order valence-electron chi connectivity index (χ4n) is 3.85. The molecular formula is C15H19IN3-. The first-order valence-electron chi connectivity index (χ1n) is 7.07. The number of para-hydroxylation sites is 1. The molecule has 0 aliphatic carbocycles. The van der Waals surface area contributed by atoms with Gasteiger partial charge in [0.25, 0.3) is 0 Å². The maximum atomic E-state index is 4.67. The van der Waals surface area contributed by atoms with Gasteiger partial charge in [0.05, 0.1) is 0 Å². The van der Waals surface area contributed by atoms with Crippen molar-refractivity contribution in [3.63, 3.8) is 0 Å². The van der Waals surface area contributed by atoms with Crippen molar-refractivity contribution in [2.24, 2.45) is 0 Å². The maximum absolute atomic E-state index is 4.67. The van der Waals surface area contributed by atoms with E-state index in [1.54, 1.807) is 0 Å². The van der Waals surface area contributed by atoms with E-state index >= 15 is 0 Å². The number of halogens is 1. The van der Waals surface area contributed by atoms with Gasteiger partial charge in [-0.1, -0.05) is 0 Å². The first kappa shape index (κ1) is 12.1. The Balaban J connectivity index is 1.68. The van der Waals surface area contributed by atoms with Crippen LogP contribution in [0, 0.1) is 0 Å². The van der Waals surface area contributed by atoms with Crippen LogP contribution in [0.1, 0.15) is 31.7 Å². The summed E-state index contributed by atoms with van der Waals surface area (Å²) in [5.74, 6) is 0. The summed E-state index contributed by atoms with van der Waals surface area (Å²) in [7, 11) is 0. The molecule has 4 heteroatoms. The van der Waals surface area contributed by atoms with E-state index in [0.717, 1.165) is 12.1 Å². The third-order valence-corrected chi connectivity index (χ3v) is 7.35. The summed E-state index contributed by atoms with van der Waals surface area (Å²) < 4.78 is 5.12. The number of piperidine rings is 1. The molecule has 19 heavy (non-hydrogen) atoms. The number of rotatable bonds is 2. The van der Waals surface area contributed by atoms with Crippen LogP contribution in [-0.4, -0.2) is 29.9 Å².